The van der Waals surface area contributed by atoms with Gasteiger partial charge < -0.3 is 14.2 Å². The number of ether oxygens (including phenoxy) is 3. The maximum absolute atomic E-state index is 11.9. The molecule has 0 unspecified atom stereocenters. The highest BCUT2D eigenvalue weighted by Gasteiger charge is 2.32. The molecule has 0 aromatic rings. The molecule has 0 N–H and O–H groups in total. The first kappa shape index (κ1) is 18.1. The van der Waals surface area contributed by atoms with E-state index >= 15 is 0 Å². The minimum atomic E-state index is -1.79. The van der Waals surface area contributed by atoms with Crippen LogP contribution >= 0.6 is 0 Å². The van der Waals surface area contributed by atoms with E-state index in [1.165, 1.54) is 0 Å². The summed E-state index contributed by atoms with van der Waals surface area (Å²) in [5.74, 6) is 0.908. The summed E-state index contributed by atoms with van der Waals surface area (Å²) in [6.45, 7) is 3.84. The molecule has 0 spiro atoms. The van der Waals surface area contributed by atoms with E-state index in [-0.39, 0.29) is 12.8 Å². The zero-order valence-corrected chi connectivity index (χ0v) is 13.2. The van der Waals surface area contributed by atoms with Gasteiger partial charge in [0.25, 0.3) is 6.08 Å². The second-order valence-corrected chi connectivity index (χ2v) is 6.15. The van der Waals surface area contributed by atoms with Gasteiger partial charge in [0.05, 0.1) is 13.2 Å². The maximum atomic E-state index is 11.9. The highest BCUT2D eigenvalue weighted by atomic mass is 19.3. The van der Waals surface area contributed by atoms with Crippen LogP contribution in [0.4, 0.5) is 8.78 Å². The zero-order chi connectivity index (χ0) is 16.7. The Kier molecular flexibility index (Phi) is 7.17. The third kappa shape index (κ3) is 6.03. The standard InChI is InChI=1S/C17H24F2O4/c1-2-12-6-8-13(9-7-12)14-10-21-17(22-11-14)23-16(20)5-3-4-15(18)19/h2,4,12-14,17H,1,3,5-11H2. The van der Waals surface area contributed by atoms with Gasteiger partial charge in [0.15, 0.2) is 0 Å². The van der Waals surface area contributed by atoms with E-state index in [1.54, 1.807) is 0 Å². The van der Waals surface area contributed by atoms with Crippen LogP contribution in [0.5, 0.6) is 0 Å². The molecule has 1 saturated heterocycles. The summed E-state index contributed by atoms with van der Waals surface area (Å²) in [5.41, 5.74) is 0. The van der Waals surface area contributed by atoms with Crippen LogP contribution in [0.15, 0.2) is 24.8 Å². The largest absolute Gasteiger partial charge is 0.410 e. The highest BCUT2D eigenvalue weighted by molar-refractivity contribution is 5.69. The van der Waals surface area contributed by atoms with Crippen LogP contribution in [0.25, 0.3) is 0 Å². The van der Waals surface area contributed by atoms with Crippen LogP contribution in [-0.4, -0.2) is 25.7 Å². The Bertz CT molecular complexity index is 418. The van der Waals surface area contributed by atoms with Gasteiger partial charge in [-0.25, -0.2) is 0 Å². The summed E-state index contributed by atoms with van der Waals surface area (Å²) in [7, 11) is 0. The molecule has 0 atom stereocenters. The lowest BCUT2D eigenvalue weighted by Gasteiger charge is -2.36. The molecule has 2 fully saturated rings. The third-order valence-electron chi connectivity index (χ3n) is 4.58. The van der Waals surface area contributed by atoms with E-state index < -0.39 is 18.5 Å². The van der Waals surface area contributed by atoms with Crippen molar-refractivity contribution >= 4 is 5.97 Å². The minimum absolute atomic E-state index is 0.0525. The summed E-state index contributed by atoms with van der Waals surface area (Å²) >= 11 is 0. The van der Waals surface area contributed by atoms with Crippen LogP contribution < -0.4 is 0 Å². The summed E-state index contributed by atoms with van der Waals surface area (Å²) < 4.78 is 39.6. The number of esters is 1. The number of halogens is 2. The normalized spacial score (nSPS) is 31.2. The zero-order valence-electron chi connectivity index (χ0n) is 13.2. The van der Waals surface area contributed by atoms with Crippen molar-refractivity contribution < 1.29 is 27.8 Å². The van der Waals surface area contributed by atoms with Crippen LogP contribution in [0, 0.1) is 17.8 Å². The lowest BCUT2D eigenvalue weighted by Crippen LogP contribution is -2.39. The van der Waals surface area contributed by atoms with Crippen molar-refractivity contribution in [3.05, 3.63) is 24.8 Å². The number of rotatable bonds is 6. The molecule has 2 aliphatic rings. The van der Waals surface area contributed by atoms with Crippen molar-refractivity contribution in [3.63, 3.8) is 0 Å². The van der Waals surface area contributed by atoms with Gasteiger partial charge in [0.1, 0.15) is 0 Å². The number of carbonyl (C=O) groups excluding carboxylic acids is 1. The molecular formula is C17H24F2O4. The molecule has 0 aromatic heterocycles. The predicted octanol–water partition coefficient (Wildman–Crippen LogP) is 4.03. The SMILES string of the molecule is C=CC1CCC(C2COC(OC(=O)CCC=C(F)F)OC2)CC1. The van der Waals surface area contributed by atoms with Crippen molar-refractivity contribution in [2.75, 3.05) is 13.2 Å². The Balaban J connectivity index is 1.65. The molecule has 2 rings (SSSR count). The summed E-state index contributed by atoms with van der Waals surface area (Å²) in [5, 5.41) is 0. The van der Waals surface area contributed by atoms with Crippen molar-refractivity contribution in [1.82, 2.24) is 0 Å². The first-order valence-corrected chi connectivity index (χ1v) is 8.15. The van der Waals surface area contributed by atoms with E-state index in [1.807, 2.05) is 6.08 Å². The highest BCUT2D eigenvalue weighted by Crippen LogP contribution is 2.35. The Morgan fingerprint density at radius 3 is 2.35 bits per heavy atom. The molecule has 23 heavy (non-hydrogen) atoms. The van der Waals surface area contributed by atoms with E-state index in [0.717, 1.165) is 25.7 Å². The molecule has 1 saturated carbocycles. The second kappa shape index (κ2) is 9.13. The Morgan fingerprint density at radius 1 is 1.13 bits per heavy atom. The van der Waals surface area contributed by atoms with Gasteiger partial charge in [0, 0.05) is 12.3 Å². The molecular weight excluding hydrogens is 306 g/mol. The van der Waals surface area contributed by atoms with Crippen molar-refractivity contribution in [3.8, 4) is 0 Å². The lowest BCUT2D eigenvalue weighted by molar-refractivity contribution is -0.313. The van der Waals surface area contributed by atoms with Crippen molar-refractivity contribution in [2.45, 2.75) is 45.0 Å². The topological polar surface area (TPSA) is 44.8 Å². The smallest absolute Gasteiger partial charge is 0.318 e. The molecule has 0 bridgehead atoms. The van der Waals surface area contributed by atoms with Gasteiger partial charge in [-0.05, 0) is 50.0 Å². The minimum Gasteiger partial charge on any atom is -0.410 e. The molecule has 130 valence electrons. The van der Waals surface area contributed by atoms with Crippen LogP contribution in [0.1, 0.15) is 38.5 Å². The predicted molar refractivity (Wildman–Crippen MR) is 80.5 cm³/mol. The van der Waals surface area contributed by atoms with E-state index in [2.05, 4.69) is 6.58 Å². The maximum Gasteiger partial charge on any atom is 0.318 e. The number of carbonyl (C=O) groups is 1. The monoisotopic (exact) mass is 330 g/mol. The molecule has 6 heteroatoms. The van der Waals surface area contributed by atoms with Gasteiger partial charge in [-0.1, -0.05) is 6.08 Å². The molecule has 1 aliphatic carbocycles. The van der Waals surface area contributed by atoms with Gasteiger partial charge in [-0.15, -0.1) is 6.58 Å². The van der Waals surface area contributed by atoms with Crippen LogP contribution in [0.2, 0.25) is 0 Å². The first-order valence-electron chi connectivity index (χ1n) is 8.15. The van der Waals surface area contributed by atoms with E-state index in [0.29, 0.717) is 37.0 Å². The molecule has 4 nitrogen and oxygen atoms in total. The average Bonchev–Trinajstić information content (AvgIpc) is 2.55. The van der Waals surface area contributed by atoms with Crippen molar-refractivity contribution in [2.24, 2.45) is 17.8 Å². The molecule has 1 heterocycles. The Labute approximate surface area is 135 Å². The van der Waals surface area contributed by atoms with Gasteiger partial charge in [-0.3, -0.25) is 4.79 Å². The summed E-state index contributed by atoms with van der Waals surface area (Å²) in [6.07, 6.45) is 5.35. The summed E-state index contributed by atoms with van der Waals surface area (Å²) in [6, 6.07) is 0. The first-order chi connectivity index (χ1) is 11.1. The van der Waals surface area contributed by atoms with Gasteiger partial charge in [0.2, 0.25) is 0 Å². The second-order valence-electron chi connectivity index (χ2n) is 6.15. The van der Waals surface area contributed by atoms with Crippen LogP contribution in [-0.2, 0) is 19.0 Å². The molecule has 0 amide bonds. The van der Waals surface area contributed by atoms with E-state index in [4.69, 9.17) is 14.2 Å². The Morgan fingerprint density at radius 2 is 1.78 bits per heavy atom. The number of hydrogen-bond donors (Lipinski definition) is 0. The number of hydrogen-bond acceptors (Lipinski definition) is 4. The quantitative estimate of drug-likeness (QED) is 0.545. The molecule has 0 aromatic carbocycles. The lowest BCUT2D eigenvalue weighted by atomic mass is 9.76. The summed E-state index contributed by atoms with van der Waals surface area (Å²) in [4.78, 5) is 11.5. The number of allylic oxidation sites excluding steroid dienone is 2. The fraction of sp³-hybridized carbons (Fsp3) is 0.706. The fourth-order valence-electron chi connectivity index (χ4n) is 3.16. The van der Waals surface area contributed by atoms with E-state index in [9.17, 15) is 13.6 Å². The Hall–Kier alpha value is -1.27. The van der Waals surface area contributed by atoms with Gasteiger partial charge >= 0.3 is 12.4 Å². The van der Waals surface area contributed by atoms with Crippen molar-refractivity contribution in [1.29, 1.82) is 0 Å². The third-order valence-corrected chi connectivity index (χ3v) is 4.58. The molecule has 0 radical (unpaired) electrons. The fourth-order valence-corrected chi connectivity index (χ4v) is 3.16. The average molecular weight is 330 g/mol. The molecule has 1 aliphatic heterocycles. The van der Waals surface area contributed by atoms with Crippen LogP contribution in [0.3, 0.4) is 0 Å². The van der Waals surface area contributed by atoms with Gasteiger partial charge in [-0.2, -0.15) is 8.78 Å².